The number of hydrogen-bond donors (Lipinski definition) is 2. The molecule has 1 amide bonds. The third-order valence-electron chi connectivity index (χ3n) is 4.46. The van der Waals surface area contributed by atoms with E-state index in [9.17, 15) is 4.79 Å². The first-order valence-electron chi connectivity index (χ1n) is 6.84. The van der Waals surface area contributed by atoms with E-state index in [1.54, 1.807) is 11.8 Å². The van der Waals surface area contributed by atoms with E-state index in [-0.39, 0.29) is 22.2 Å². The summed E-state index contributed by atoms with van der Waals surface area (Å²) >= 11 is 1.73. The molecule has 4 nitrogen and oxygen atoms in total. The number of ether oxygens (including phenoxy) is 1. The molecule has 0 radical (unpaired) electrons. The molecule has 0 saturated heterocycles. The van der Waals surface area contributed by atoms with Crippen LogP contribution in [0.3, 0.4) is 0 Å². The molecule has 0 aromatic carbocycles. The van der Waals surface area contributed by atoms with Crippen LogP contribution in [-0.2, 0) is 9.53 Å². The number of hydrogen-bond acceptors (Lipinski definition) is 4. The summed E-state index contributed by atoms with van der Waals surface area (Å²) in [5, 5.41) is 2.99. The zero-order chi connectivity index (χ0) is 14.9. The maximum absolute atomic E-state index is 12.4. The second kappa shape index (κ2) is 5.62. The van der Waals surface area contributed by atoms with E-state index in [2.05, 4.69) is 19.2 Å². The first-order chi connectivity index (χ1) is 8.60. The van der Waals surface area contributed by atoms with E-state index in [0.29, 0.717) is 19.6 Å². The van der Waals surface area contributed by atoms with Gasteiger partial charge in [0.25, 0.3) is 0 Å². The van der Waals surface area contributed by atoms with Crippen molar-refractivity contribution in [2.24, 2.45) is 11.1 Å². The molecule has 1 saturated carbocycles. The number of thioether (sulfide) groups is 1. The van der Waals surface area contributed by atoms with Crippen LogP contribution in [0.2, 0.25) is 0 Å². The maximum atomic E-state index is 12.4. The predicted octanol–water partition coefficient (Wildman–Crippen LogP) is 1.78. The van der Waals surface area contributed by atoms with Crippen LogP contribution in [0.15, 0.2) is 0 Å². The topological polar surface area (TPSA) is 64.3 Å². The normalized spacial score (nSPS) is 29.7. The highest BCUT2D eigenvalue weighted by Crippen LogP contribution is 2.49. The number of carbonyl (C=O) groups excluding carboxylic acids is 1. The van der Waals surface area contributed by atoms with E-state index >= 15 is 0 Å². The predicted molar refractivity (Wildman–Crippen MR) is 81.3 cm³/mol. The van der Waals surface area contributed by atoms with E-state index in [4.69, 9.17) is 10.5 Å². The minimum Gasteiger partial charge on any atom is -0.378 e. The minimum absolute atomic E-state index is 0.0270. The fourth-order valence-corrected chi connectivity index (χ4v) is 2.56. The lowest BCUT2D eigenvalue weighted by atomic mass is 9.54. The molecule has 0 aromatic rings. The Morgan fingerprint density at radius 2 is 2.11 bits per heavy atom. The van der Waals surface area contributed by atoms with Crippen LogP contribution in [-0.4, -0.2) is 41.7 Å². The lowest BCUT2D eigenvalue weighted by molar-refractivity contribution is -0.170. The Hall–Kier alpha value is -0.260. The summed E-state index contributed by atoms with van der Waals surface area (Å²) in [6.45, 7) is 11.5. The highest BCUT2D eigenvalue weighted by Gasteiger charge is 2.62. The van der Waals surface area contributed by atoms with Gasteiger partial charge in [0.15, 0.2) is 0 Å². The summed E-state index contributed by atoms with van der Waals surface area (Å²) in [5.74, 6) is -0.0596. The molecule has 0 heterocycles. The van der Waals surface area contributed by atoms with E-state index in [1.165, 1.54) is 0 Å². The number of carbonyl (C=O) groups is 1. The summed E-state index contributed by atoms with van der Waals surface area (Å²) in [6, 6.07) is 0. The Morgan fingerprint density at radius 1 is 1.53 bits per heavy atom. The third kappa shape index (κ3) is 3.09. The van der Waals surface area contributed by atoms with Gasteiger partial charge in [-0.15, -0.1) is 0 Å². The van der Waals surface area contributed by atoms with Gasteiger partial charge in [-0.25, -0.2) is 0 Å². The van der Waals surface area contributed by atoms with Crippen LogP contribution in [0.25, 0.3) is 0 Å². The molecule has 1 aliphatic carbocycles. The van der Waals surface area contributed by atoms with Gasteiger partial charge in [-0.3, -0.25) is 4.79 Å². The molecule has 3 N–H and O–H groups in total. The molecule has 1 rings (SSSR count). The van der Waals surface area contributed by atoms with Crippen molar-refractivity contribution in [2.45, 2.75) is 57.4 Å². The van der Waals surface area contributed by atoms with Crippen molar-refractivity contribution in [1.82, 2.24) is 5.32 Å². The van der Waals surface area contributed by atoms with Crippen molar-refractivity contribution >= 4 is 17.7 Å². The summed E-state index contributed by atoms with van der Waals surface area (Å²) < 4.78 is 5.67. The summed E-state index contributed by atoms with van der Waals surface area (Å²) in [4.78, 5) is 12.4. The molecule has 0 aliphatic heterocycles. The van der Waals surface area contributed by atoms with Gasteiger partial charge in [0.2, 0.25) is 5.91 Å². The van der Waals surface area contributed by atoms with Gasteiger partial charge in [0.05, 0.1) is 6.10 Å². The van der Waals surface area contributed by atoms with E-state index < -0.39 is 5.54 Å². The third-order valence-corrected chi connectivity index (χ3v) is 5.71. The molecule has 2 atom stereocenters. The Bertz CT molecular complexity index is 344. The molecule has 0 bridgehead atoms. The van der Waals surface area contributed by atoms with Gasteiger partial charge in [-0.1, -0.05) is 13.8 Å². The van der Waals surface area contributed by atoms with Crippen molar-refractivity contribution < 1.29 is 9.53 Å². The molecule has 2 unspecified atom stereocenters. The zero-order valence-electron chi connectivity index (χ0n) is 13.0. The minimum atomic E-state index is -0.818. The molecule has 19 heavy (non-hydrogen) atoms. The smallest absolute Gasteiger partial charge is 0.240 e. The highest BCUT2D eigenvalue weighted by atomic mass is 32.2. The van der Waals surface area contributed by atoms with Crippen LogP contribution < -0.4 is 11.1 Å². The van der Waals surface area contributed by atoms with Gasteiger partial charge in [-0.05, 0) is 27.0 Å². The second-order valence-electron chi connectivity index (χ2n) is 6.49. The van der Waals surface area contributed by atoms with Crippen molar-refractivity contribution in [3.05, 3.63) is 0 Å². The highest BCUT2D eigenvalue weighted by molar-refractivity contribution is 7.99. The van der Waals surface area contributed by atoms with Crippen molar-refractivity contribution in [3.63, 3.8) is 0 Å². The Morgan fingerprint density at radius 3 is 2.53 bits per heavy atom. The molecular weight excluding hydrogens is 260 g/mol. The fraction of sp³-hybridized carbons (Fsp3) is 0.929. The summed E-state index contributed by atoms with van der Waals surface area (Å²) in [6.07, 6.45) is 2.71. The largest absolute Gasteiger partial charge is 0.378 e. The van der Waals surface area contributed by atoms with E-state index in [0.717, 1.165) is 0 Å². The molecule has 0 spiro atoms. The first-order valence-corrected chi connectivity index (χ1v) is 8.07. The lowest BCUT2D eigenvalue weighted by Gasteiger charge is -2.57. The van der Waals surface area contributed by atoms with Crippen LogP contribution in [0.4, 0.5) is 0 Å². The van der Waals surface area contributed by atoms with Gasteiger partial charge in [0.1, 0.15) is 5.54 Å². The van der Waals surface area contributed by atoms with Crippen molar-refractivity contribution in [3.8, 4) is 0 Å². The quantitative estimate of drug-likeness (QED) is 0.782. The average Bonchev–Trinajstić information content (AvgIpc) is 2.35. The lowest BCUT2D eigenvalue weighted by Crippen LogP contribution is -2.76. The van der Waals surface area contributed by atoms with Gasteiger partial charge in [0, 0.05) is 29.7 Å². The molecular formula is C14H28N2O2S. The standard InChI is InChI=1S/C14H28N2O2S/c1-7-18-10-8-14(15,13(10,4)5)11(17)16-9-12(2,3)19-6/h10H,7-9,15H2,1-6H3,(H,16,17). The van der Waals surface area contributed by atoms with Crippen LogP contribution in [0.1, 0.15) is 41.0 Å². The number of nitrogens with two attached hydrogens (primary N) is 1. The van der Waals surface area contributed by atoms with Crippen LogP contribution >= 0.6 is 11.8 Å². The monoisotopic (exact) mass is 288 g/mol. The Kier molecular flexibility index (Phi) is 4.97. The summed E-state index contributed by atoms with van der Waals surface area (Å²) in [7, 11) is 0. The van der Waals surface area contributed by atoms with Crippen molar-refractivity contribution in [2.75, 3.05) is 19.4 Å². The molecule has 1 fully saturated rings. The van der Waals surface area contributed by atoms with Crippen LogP contribution in [0.5, 0.6) is 0 Å². The molecule has 0 aromatic heterocycles. The zero-order valence-corrected chi connectivity index (χ0v) is 13.8. The number of rotatable bonds is 6. The van der Waals surface area contributed by atoms with Gasteiger partial charge in [-0.2, -0.15) is 11.8 Å². The fourth-order valence-electron chi connectivity index (χ4n) is 2.34. The summed E-state index contributed by atoms with van der Waals surface area (Å²) in [5.41, 5.74) is 5.18. The van der Waals surface area contributed by atoms with E-state index in [1.807, 2.05) is 27.0 Å². The molecule has 112 valence electrons. The number of amides is 1. The van der Waals surface area contributed by atoms with Crippen molar-refractivity contribution in [1.29, 1.82) is 0 Å². The average molecular weight is 288 g/mol. The van der Waals surface area contributed by atoms with Crippen LogP contribution in [0, 0.1) is 5.41 Å². The Balaban J connectivity index is 2.63. The second-order valence-corrected chi connectivity index (χ2v) is 8.00. The number of nitrogens with one attached hydrogen (secondary N) is 1. The maximum Gasteiger partial charge on any atom is 0.240 e. The molecule has 5 heteroatoms. The molecule has 1 aliphatic rings. The SMILES string of the molecule is CCOC1CC(N)(C(=O)NCC(C)(C)SC)C1(C)C. The van der Waals surface area contributed by atoms with Gasteiger partial charge < -0.3 is 15.8 Å². The Labute approximate surface area is 121 Å². The first kappa shape index (κ1) is 16.8. The van der Waals surface area contributed by atoms with Gasteiger partial charge >= 0.3 is 0 Å².